The third-order valence-corrected chi connectivity index (χ3v) is 3.08. The number of hydrogen-bond donors (Lipinski definition) is 1. The summed E-state index contributed by atoms with van der Waals surface area (Å²) in [4.78, 5) is 13.9. The Morgan fingerprint density at radius 2 is 2.10 bits per heavy atom. The Morgan fingerprint density at radius 3 is 2.71 bits per heavy atom. The second-order valence-electron chi connectivity index (χ2n) is 4.90. The fourth-order valence-electron chi connectivity index (χ4n) is 1.97. The lowest BCUT2D eigenvalue weighted by Gasteiger charge is -2.14. The molecule has 1 heterocycles. The van der Waals surface area contributed by atoms with Crippen LogP contribution in [-0.4, -0.2) is 30.5 Å². The number of aromatic nitrogens is 2. The smallest absolute Gasteiger partial charge is 0.269 e. The van der Waals surface area contributed by atoms with Crippen LogP contribution in [0.4, 0.5) is 11.4 Å². The van der Waals surface area contributed by atoms with E-state index in [0.29, 0.717) is 18.8 Å². The number of nitrogens with zero attached hydrogens (tertiary/aromatic N) is 3. The van der Waals surface area contributed by atoms with Crippen LogP contribution in [-0.2, 0) is 6.54 Å². The van der Waals surface area contributed by atoms with E-state index in [9.17, 15) is 4.79 Å². The largest absolute Gasteiger partial charge is 0.494 e. The molecule has 0 saturated heterocycles. The van der Waals surface area contributed by atoms with Crippen LogP contribution in [0.5, 0.6) is 5.75 Å². The van der Waals surface area contributed by atoms with E-state index in [1.807, 2.05) is 32.0 Å². The minimum Gasteiger partial charge on any atom is -0.494 e. The van der Waals surface area contributed by atoms with Crippen LogP contribution in [0, 0.1) is 0 Å². The first-order valence-corrected chi connectivity index (χ1v) is 6.77. The Bertz CT molecular complexity index is 680. The van der Waals surface area contributed by atoms with E-state index < -0.39 is 0 Å². The molecule has 0 unspecified atom stereocenters. The van der Waals surface area contributed by atoms with E-state index >= 15 is 0 Å². The zero-order valence-corrected chi connectivity index (χ0v) is 12.5. The average Bonchev–Trinajstić information content (AvgIpc) is 2.44. The molecular formula is C15H20N4O2. The standard InChI is InChI=1S/C15H20N4O2/c1-4-21-14-6-5-12(16)7-11(14)10-19-15(20)8-13(9-17-19)18(2)3/h5-9H,4,10,16H2,1-3H3. The minimum atomic E-state index is -0.161. The maximum Gasteiger partial charge on any atom is 0.269 e. The molecule has 2 rings (SSSR count). The molecule has 0 radical (unpaired) electrons. The quantitative estimate of drug-likeness (QED) is 0.840. The highest BCUT2D eigenvalue weighted by atomic mass is 16.5. The molecule has 0 aliphatic carbocycles. The maximum absolute atomic E-state index is 12.1. The number of rotatable bonds is 5. The third kappa shape index (κ3) is 3.53. The molecule has 0 bridgehead atoms. The Hall–Kier alpha value is -2.50. The molecule has 0 atom stereocenters. The van der Waals surface area contributed by atoms with Gasteiger partial charge < -0.3 is 15.4 Å². The third-order valence-electron chi connectivity index (χ3n) is 3.08. The SMILES string of the molecule is CCOc1ccc(N)cc1Cn1ncc(N(C)C)cc1=O. The monoisotopic (exact) mass is 288 g/mol. The lowest BCUT2D eigenvalue weighted by molar-refractivity contribution is 0.335. The summed E-state index contributed by atoms with van der Waals surface area (Å²) in [7, 11) is 3.73. The van der Waals surface area contributed by atoms with E-state index in [1.54, 1.807) is 24.4 Å². The molecule has 0 amide bonds. The first kappa shape index (κ1) is 14.9. The molecule has 21 heavy (non-hydrogen) atoms. The van der Waals surface area contributed by atoms with Crippen molar-refractivity contribution in [3.8, 4) is 5.75 Å². The molecule has 0 saturated carbocycles. The Labute approximate surface area is 123 Å². The molecule has 6 heteroatoms. The van der Waals surface area contributed by atoms with Gasteiger partial charge in [0.2, 0.25) is 0 Å². The van der Waals surface area contributed by atoms with Crippen molar-refractivity contribution in [1.29, 1.82) is 0 Å². The van der Waals surface area contributed by atoms with E-state index in [0.717, 1.165) is 17.0 Å². The molecule has 0 aliphatic rings. The summed E-state index contributed by atoms with van der Waals surface area (Å²) in [6.07, 6.45) is 1.66. The summed E-state index contributed by atoms with van der Waals surface area (Å²) >= 11 is 0. The van der Waals surface area contributed by atoms with Crippen molar-refractivity contribution in [2.24, 2.45) is 0 Å². The zero-order chi connectivity index (χ0) is 15.4. The molecular weight excluding hydrogens is 268 g/mol. The van der Waals surface area contributed by atoms with Crippen molar-refractivity contribution in [3.63, 3.8) is 0 Å². The molecule has 0 fully saturated rings. The van der Waals surface area contributed by atoms with Gasteiger partial charge in [0.05, 0.1) is 25.0 Å². The minimum absolute atomic E-state index is 0.161. The van der Waals surface area contributed by atoms with Gasteiger partial charge >= 0.3 is 0 Å². The lowest BCUT2D eigenvalue weighted by atomic mass is 10.1. The van der Waals surface area contributed by atoms with Crippen LogP contribution in [0.2, 0.25) is 0 Å². The predicted octanol–water partition coefficient (Wildman–Crippen LogP) is 1.34. The highest BCUT2D eigenvalue weighted by Crippen LogP contribution is 2.22. The van der Waals surface area contributed by atoms with E-state index in [2.05, 4.69) is 5.10 Å². The zero-order valence-electron chi connectivity index (χ0n) is 12.5. The van der Waals surface area contributed by atoms with Crippen molar-refractivity contribution in [2.45, 2.75) is 13.5 Å². The van der Waals surface area contributed by atoms with Crippen molar-refractivity contribution in [1.82, 2.24) is 9.78 Å². The van der Waals surface area contributed by atoms with Gasteiger partial charge in [-0.25, -0.2) is 4.68 Å². The lowest BCUT2D eigenvalue weighted by Crippen LogP contribution is -2.24. The van der Waals surface area contributed by atoms with Gasteiger partial charge in [-0.15, -0.1) is 0 Å². The summed E-state index contributed by atoms with van der Waals surface area (Å²) in [5.41, 5.74) is 7.89. The van der Waals surface area contributed by atoms with Crippen molar-refractivity contribution < 1.29 is 4.74 Å². The summed E-state index contributed by atoms with van der Waals surface area (Å²) < 4.78 is 6.95. The van der Waals surface area contributed by atoms with Crippen LogP contribution in [0.15, 0.2) is 35.3 Å². The highest BCUT2D eigenvalue weighted by Gasteiger charge is 2.08. The van der Waals surface area contributed by atoms with Gasteiger partial charge in [0.15, 0.2) is 0 Å². The number of ether oxygens (including phenoxy) is 1. The van der Waals surface area contributed by atoms with Crippen molar-refractivity contribution in [2.75, 3.05) is 31.3 Å². The van der Waals surface area contributed by atoms with Crippen LogP contribution in [0.3, 0.4) is 0 Å². The van der Waals surface area contributed by atoms with Crippen LogP contribution >= 0.6 is 0 Å². The number of nitrogen functional groups attached to an aromatic ring is 1. The molecule has 6 nitrogen and oxygen atoms in total. The van der Waals surface area contributed by atoms with Gasteiger partial charge in [-0.3, -0.25) is 4.79 Å². The Balaban J connectivity index is 2.34. The number of nitrogens with two attached hydrogens (primary N) is 1. The second kappa shape index (κ2) is 6.30. The summed E-state index contributed by atoms with van der Waals surface area (Å²) in [5.74, 6) is 0.720. The number of benzene rings is 1. The van der Waals surface area contributed by atoms with Gasteiger partial charge in [0, 0.05) is 31.4 Å². The van der Waals surface area contributed by atoms with E-state index in [4.69, 9.17) is 10.5 Å². The summed E-state index contributed by atoms with van der Waals surface area (Å²) in [6.45, 7) is 2.79. The Kier molecular flexibility index (Phi) is 4.47. The van der Waals surface area contributed by atoms with Crippen LogP contribution in [0.25, 0.3) is 0 Å². The maximum atomic E-state index is 12.1. The molecule has 1 aromatic heterocycles. The first-order chi connectivity index (χ1) is 10.0. The van der Waals surface area contributed by atoms with Gasteiger partial charge in [0.1, 0.15) is 5.75 Å². The Morgan fingerprint density at radius 1 is 1.33 bits per heavy atom. The topological polar surface area (TPSA) is 73.4 Å². The molecule has 2 N–H and O–H groups in total. The number of anilines is 2. The first-order valence-electron chi connectivity index (χ1n) is 6.77. The molecule has 0 spiro atoms. The van der Waals surface area contributed by atoms with Crippen molar-refractivity contribution >= 4 is 11.4 Å². The summed E-state index contributed by atoms with van der Waals surface area (Å²) in [5, 5.41) is 4.19. The average molecular weight is 288 g/mol. The fraction of sp³-hybridized carbons (Fsp3) is 0.333. The highest BCUT2D eigenvalue weighted by molar-refractivity contribution is 5.48. The van der Waals surface area contributed by atoms with Gasteiger partial charge in [-0.2, -0.15) is 5.10 Å². The van der Waals surface area contributed by atoms with Crippen LogP contribution in [0.1, 0.15) is 12.5 Å². The molecule has 0 aliphatic heterocycles. The summed E-state index contributed by atoms with van der Waals surface area (Å²) in [6, 6.07) is 6.95. The van der Waals surface area contributed by atoms with Gasteiger partial charge in [-0.1, -0.05) is 0 Å². The van der Waals surface area contributed by atoms with Gasteiger partial charge in [-0.05, 0) is 25.1 Å². The second-order valence-corrected chi connectivity index (χ2v) is 4.90. The van der Waals surface area contributed by atoms with Gasteiger partial charge in [0.25, 0.3) is 5.56 Å². The molecule has 112 valence electrons. The normalized spacial score (nSPS) is 10.4. The fourth-order valence-corrected chi connectivity index (χ4v) is 1.97. The van der Waals surface area contributed by atoms with E-state index in [-0.39, 0.29) is 5.56 Å². The van der Waals surface area contributed by atoms with Crippen molar-refractivity contribution in [3.05, 3.63) is 46.4 Å². The van der Waals surface area contributed by atoms with E-state index in [1.165, 1.54) is 4.68 Å². The number of hydrogen-bond acceptors (Lipinski definition) is 5. The molecule has 1 aromatic carbocycles. The van der Waals surface area contributed by atoms with Crippen LogP contribution < -0.4 is 20.9 Å². The molecule has 2 aromatic rings. The predicted molar refractivity (Wildman–Crippen MR) is 83.9 cm³/mol.